The minimum Gasteiger partial charge on any atom is -0.183 e. The molecular weight excluding hydrogens is 194 g/mol. The Hall–Kier alpha value is 0.765. The van der Waals surface area contributed by atoms with Crippen LogP contribution in [0.2, 0.25) is 0 Å². The molecule has 10 heavy (non-hydrogen) atoms. The molecule has 0 amide bonds. The molecule has 0 saturated heterocycles. The third-order valence-electron chi connectivity index (χ3n) is 1.09. The van der Waals surface area contributed by atoms with Crippen LogP contribution < -0.4 is 58.2 Å². The zero-order valence-electron chi connectivity index (χ0n) is 6.46. The van der Waals surface area contributed by atoms with E-state index < -0.39 is 0 Å². The quantitative estimate of drug-likeness (QED) is 0.540. The van der Waals surface area contributed by atoms with Gasteiger partial charge in [0.05, 0.1) is 0 Å². The first-order valence-corrected chi connectivity index (χ1v) is 3.02. The molecule has 0 fully saturated rings. The van der Waals surface area contributed by atoms with Crippen molar-refractivity contribution in [3.05, 3.63) is 42.0 Å². The SMILES string of the molecule is C/C=C/c1c[c-]ccc1.[Rb+]. The van der Waals surface area contributed by atoms with Crippen LogP contribution in [0.15, 0.2) is 30.3 Å². The van der Waals surface area contributed by atoms with E-state index >= 15 is 0 Å². The molecule has 0 aliphatic heterocycles. The zero-order chi connectivity index (χ0) is 6.53. The fourth-order valence-corrected chi connectivity index (χ4v) is 0.703. The van der Waals surface area contributed by atoms with E-state index in [0.717, 1.165) is 0 Å². The number of hydrogen-bond donors (Lipinski definition) is 0. The van der Waals surface area contributed by atoms with Crippen LogP contribution in [0.3, 0.4) is 0 Å². The van der Waals surface area contributed by atoms with Gasteiger partial charge in [-0.15, -0.1) is 11.6 Å². The van der Waals surface area contributed by atoms with Crippen molar-refractivity contribution in [3.63, 3.8) is 0 Å². The second-order valence-corrected chi connectivity index (χ2v) is 1.84. The van der Waals surface area contributed by atoms with E-state index in [4.69, 9.17) is 0 Å². The molecule has 0 nitrogen and oxygen atoms in total. The Morgan fingerprint density at radius 1 is 1.50 bits per heavy atom. The van der Waals surface area contributed by atoms with Gasteiger partial charge in [-0.25, -0.2) is 0 Å². The van der Waals surface area contributed by atoms with Crippen LogP contribution in [-0.4, -0.2) is 0 Å². The summed E-state index contributed by atoms with van der Waals surface area (Å²) in [6, 6.07) is 10.9. The molecular formula is C9H9Rb. The van der Waals surface area contributed by atoms with Crippen LogP contribution in [0.1, 0.15) is 12.5 Å². The normalized spacial score (nSPS) is 9.30. The predicted molar refractivity (Wildman–Crippen MR) is 40.0 cm³/mol. The molecule has 1 aromatic rings. The van der Waals surface area contributed by atoms with Gasteiger partial charge in [-0.05, 0) is 6.92 Å². The molecule has 0 aliphatic rings. The van der Waals surface area contributed by atoms with E-state index in [1.807, 2.05) is 31.2 Å². The first kappa shape index (κ1) is 10.8. The maximum atomic E-state index is 2.99. The largest absolute Gasteiger partial charge is 1.00 e. The van der Waals surface area contributed by atoms with Gasteiger partial charge >= 0.3 is 58.2 Å². The summed E-state index contributed by atoms with van der Waals surface area (Å²) in [5.74, 6) is 0. The summed E-state index contributed by atoms with van der Waals surface area (Å²) in [5, 5.41) is 0. The minimum atomic E-state index is 0. The van der Waals surface area contributed by atoms with Crippen LogP contribution in [0.25, 0.3) is 6.08 Å². The zero-order valence-corrected chi connectivity index (χ0v) is 11.4. The first-order chi connectivity index (χ1) is 4.43. The smallest absolute Gasteiger partial charge is 0.183 e. The Balaban J connectivity index is 0.000000810. The van der Waals surface area contributed by atoms with Crippen molar-refractivity contribution in [3.8, 4) is 0 Å². The summed E-state index contributed by atoms with van der Waals surface area (Å²) in [6.45, 7) is 2.01. The van der Waals surface area contributed by atoms with Crippen LogP contribution in [-0.2, 0) is 0 Å². The van der Waals surface area contributed by atoms with Gasteiger partial charge in [0.2, 0.25) is 0 Å². The molecule has 1 rings (SSSR count). The average Bonchev–Trinajstić information content (AvgIpc) is 1.91. The van der Waals surface area contributed by atoms with Crippen molar-refractivity contribution < 1.29 is 58.2 Å². The molecule has 0 radical (unpaired) electrons. The van der Waals surface area contributed by atoms with Crippen molar-refractivity contribution in [2.24, 2.45) is 0 Å². The van der Waals surface area contributed by atoms with Crippen LogP contribution in [0.5, 0.6) is 0 Å². The second-order valence-electron chi connectivity index (χ2n) is 1.84. The summed E-state index contributed by atoms with van der Waals surface area (Å²) >= 11 is 0. The van der Waals surface area contributed by atoms with Gasteiger partial charge in [0, 0.05) is 0 Å². The van der Waals surface area contributed by atoms with Gasteiger partial charge in [-0.2, -0.15) is 30.3 Å². The molecule has 46 valence electrons. The maximum Gasteiger partial charge on any atom is 1.00 e. The van der Waals surface area contributed by atoms with Crippen LogP contribution >= 0.6 is 0 Å². The van der Waals surface area contributed by atoms with Crippen LogP contribution in [0, 0.1) is 6.07 Å². The van der Waals surface area contributed by atoms with Gasteiger partial charge in [-0.3, -0.25) is 0 Å². The molecule has 0 aromatic heterocycles. The summed E-state index contributed by atoms with van der Waals surface area (Å²) in [6.07, 6.45) is 4.07. The molecule has 0 N–H and O–H groups in total. The maximum absolute atomic E-state index is 2.99. The third-order valence-corrected chi connectivity index (χ3v) is 1.09. The first-order valence-electron chi connectivity index (χ1n) is 3.02. The van der Waals surface area contributed by atoms with Crippen LogP contribution in [0.4, 0.5) is 0 Å². The minimum absolute atomic E-state index is 0. The Bertz CT molecular complexity index is 189. The van der Waals surface area contributed by atoms with Gasteiger partial charge in [-0.1, -0.05) is 6.08 Å². The number of allylic oxidation sites excluding steroid dienone is 1. The van der Waals surface area contributed by atoms with Crippen molar-refractivity contribution in [2.75, 3.05) is 0 Å². The molecule has 0 heterocycles. The summed E-state index contributed by atoms with van der Waals surface area (Å²) in [5.41, 5.74) is 1.21. The Morgan fingerprint density at radius 3 is 2.80 bits per heavy atom. The Morgan fingerprint density at radius 2 is 2.30 bits per heavy atom. The summed E-state index contributed by atoms with van der Waals surface area (Å²) in [7, 11) is 0. The standard InChI is InChI=1S/C9H9.Rb/c1-2-6-9-7-4-3-5-8-9;/h2-4,6-8H,1H3;/q-1;+1/b6-2+;. The molecule has 1 heteroatoms. The molecule has 0 unspecified atom stereocenters. The van der Waals surface area contributed by atoms with Gasteiger partial charge in [0.15, 0.2) is 0 Å². The van der Waals surface area contributed by atoms with E-state index in [2.05, 4.69) is 18.2 Å². The van der Waals surface area contributed by atoms with Gasteiger partial charge < -0.3 is 0 Å². The molecule has 1 aromatic carbocycles. The van der Waals surface area contributed by atoms with E-state index in [1.165, 1.54) is 5.56 Å². The van der Waals surface area contributed by atoms with Crippen molar-refractivity contribution in [1.82, 2.24) is 0 Å². The van der Waals surface area contributed by atoms with Crippen molar-refractivity contribution in [1.29, 1.82) is 0 Å². The number of hydrogen-bond acceptors (Lipinski definition) is 0. The average molecular weight is 203 g/mol. The monoisotopic (exact) mass is 202 g/mol. The predicted octanol–water partition coefficient (Wildman–Crippen LogP) is -0.476. The molecule has 0 saturated carbocycles. The van der Waals surface area contributed by atoms with E-state index in [1.54, 1.807) is 0 Å². The number of rotatable bonds is 1. The molecule has 0 aliphatic carbocycles. The van der Waals surface area contributed by atoms with Crippen molar-refractivity contribution >= 4 is 6.08 Å². The Kier molecular flexibility index (Phi) is 6.97. The molecule has 0 bridgehead atoms. The fourth-order valence-electron chi connectivity index (χ4n) is 0.703. The van der Waals surface area contributed by atoms with Gasteiger partial charge in [0.25, 0.3) is 0 Å². The number of benzene rings is 1. The van der Waals surface area contributed by atoms with Crippen molar-refractivity contribution in [2.45, 2.75) is 6.92 Å². The van der Waals surface area contributed by atoms with E-state index in [-0.39, 0.29) is 58.2 Å². The third kappa shape index (κ3) is 3.82. The fraction of sp³-hybridized carbons (Fsp3) is 0.111. The van der Waals surface area contributed by atoms with E-state index in [9.17, 15) is 0 Å². The summed E-state index contributed by atoms with van der Waals surface area (Å²) < 4.78 is 0. The second kappa shape index (κ2) is 6.47. The topological polar surface area (TPSA) is 0 Å². The van der Waals surface area contributed by atoms with E-state index in [0.29, 0.717) is 0 Å². The molecule has 0 atom stereocenters. The van der Waals surface area contributed by atoms with Gasteiger partial charge in [0.1, 0.15) is 0 Å². The molecule has 0 spiro atoms. The Labute approximate surface area is 111 Å². The summed E-state index contributed by atoms with van der Waals surface area (Å²) in [4.78, 5) is 0.